The Morgan fingerprint density at radius 1 is 1.24 bits per heavy atom. The molecule has 0 aliphatic rings. The lowest BCUT2D eigenvalue weighted by Gasteiger charge is -2.14. The largest absolute Gasteiger partial charge is 0.481 e. The summed E-state index contributed by atoms with van der Waals surface area (Å²) >= 11 is 11.5. The highest BCUT2D eigenvalue weighted by atomic mass is 35.5. The van der Waals surface area contributed by atoms with Gasteiger partial charge in [0.25, 0.3) is 0 Å². The minimum absolute atomic E-state index is 0.144. The third kappa shape index (κ3) is 4.20. The molecule has 1 aromatic rings. The van der Waals surface area contributed by atoms with Gasteiger partial charge in [-0.05, 0) is 11.6 Å². The van der Waals surface area contributed by atoms with Crippen molar-refractivity contribution in [3.63, 3.8) is 0 Å². The first-order valence-corrected chi connectivity index (χ1v) is 5.40. The van der Waals surface area contributed by atoms with Gasteiger partial charge in [-0.1, -0.05) is 23.2 Å². The molecule has 0 aliphatic heterocycles. The Labute approximate surface area is 107 Å². The lowest BCUT2D eigenvalue weighted by Crippen LogP contribution is -2.12. The number of hydrogen-bond donors (Lipinski definition) is 2. The molecular formula is C10H9Cl2NO4. The Bertz CT molecular complexity index is 434. The van der Waals surface area contributed by atoms with Crippen molar-refractivity contribution in [2.75, 3.05) is 0 Å². The maximum atomic E-state index is 10.7. The fraction of sp³-hybridized carbons (Fsp3) is 0.300. The average Bonchev–Trinajstić information content (AvgIpc) is 2.19. The van der Waals surface area contributed by atoms with Crippen LogP contribution >= 0.6 is 23.2 Å². The molecule has 0 aliphatic carbocycles. The third-order valence-corrected chi connectivity index (χ3v) is 2.66. The Hall–Kier alpha value is -1.33. The van der Waals surface area contributed by atoms with E-state index in [-0.39, 0.29) is 23.0 Å². The average molecular weight is 278 g/mol. The van der Waals surface area contributed by atoms with E-state index in [1.54, 1.807) is 0 Å². The van der Waals surface area contributed by atoms with Crippen LogP contribution in [0.15, 0.2) is 12.3 Å². The van der Waals surface area contributed by atoms with Crippen LogP contribution in [0.1, 0.15) is 24.3 Å². The fourth-order valence-corrected chi connectivity index (χ4v) is 1.88. The highest BCUT2D eigenvalue weighted by Gasteiger charge is 2.21. The summed E-state index contributed by atoms with van der Waals surface area (Å²) in [6.45, 7) is 0. The molecule has 1 rings (SSSR count). The van der Waals surface area contributed by atoms with E-state index in [0.29, 0.717) is 5.56 Å². The first kappa shape index (κ1) is 13.7. The van der Waals surface area contributed by atoms with Crippen LogP contribution in [0, 0.1) is 0 Å². The molecule has 0 radical (unpaired) electrons. The van der Waals surface area contributed by atoms with Crippen molar-refractivity contribution in [3.05, 3.63) is 28.0 Å². The highest BCUT2D eigenvalue weighted by Crippen LogP contribution is 2.31. The predicted octanol–water partition coefficient (Wildman–Crippen LogP) is 2.42. The number of nitrogens with zero attached hydrogens (tertiary/aromatic N) is 1. The molecule has 0 fully saturated rings. The van der Waals surface area contributed by atoms with E-state index in [2.05, 4.69) is 4.98 Å². The zero-order chi connectivity index (χ0) is 13.0. The van der Waals surface area contributed by atoms with E-state index in [4.69, 9.17) is 33.4 Å². The second kappa shape index (κ2) is 5.84. The smallest absolute Gasteiger partial charge is 0.303 e. The summed E-state index contributed by atoms with van der Waals surface area (Å²) in [7, 11) is 0. The van der Waals surface area contributed by atoms with E-state index < -0.39 is 17.9 Å². The van der Waals surface area contributed by atoms with E-state index >= 15 is 0 Å². The molecule has 0 bridgehead atoms. The minimum atomic E-state index is -1.10. The maximum absolute atomic E-state index is 10.7. The van der Waals surface area contributed by atoms with Crippen molar-refractivity contribution in [2.24, 2.45) is 0 Å². The number of aliphatic carboxylic acids is 2. The number of carboxylic acid groups (broad SMARTS) is 2. The normalized spacial score (nSPS) is 10.5. The van der Waals surface area contributed by atoms with Gasteiger partial charge in [0.05, 0.1) is 17.9 Å². The van der Waals surface area contributed by atoms with Gasteiger partial charge in [-0.15, -0.1) is 0 Å². The van der Waals surface area contributed by atoms with Crippen molar-refractivity contribution in [3.8, 4) is 0 Å². The molecular weight excluding hydrogens is 269 g/mol. The number of pyridine rings is 1. The van der Waals surface area contributed by atoms with Crippen LogP contribution in [0.25, 0.3) is 0 Å². The van der Waals surface area contributed by atoms with Crippen LogP contribution in [0.4, 0.5) is 0 Å². The highest BCUT2D eigenvalue weighted by molar-refractivity contribution is 6.32. The topological polar surface area (TPSA) is 87.5 Å². The van der Waals surface area contributed by atoms with Gasteiger partial charge in [0.15, 0.2) is 0 Å². The minimum Gasteiger partial charge on any atom is -0.481 e. The molecule has 0 unspecified atom stereocenters. The van der Waals surface area contributed by atoms with Gasteiger partial charge in [-0.25, -0.2) is 4.98 Å². The lowest BCUT2D eigenvalue weighted by atomic mass is 9.93. The SMILES string of the molecule is O=C(O)CC(CC(=O)O)c1cc(Cl)ncc1Cl. The molecule has 17 heavy (non-hydrogen) atoms. The first-order valence-electron chi connectivity index (χ1n) is 4.64. The number of aromatic nitrogens is 1. The van der Waals surface area contributed by atoms with Crippen LogP contribution in [0.5, 0.6) is 0 Å². The summed E-state index contributed by atoms with van der Waals surface area (Å²) in [5.41, 5.74) is 0.386. The summed E-state index contributed by atoms with van der Waals surface area (Å²) in [5.74, 6) is -2.92. The Morgan fingerprint density at radius 2 is 1.76 bits per heavy atom. The van der Waals surface area contributed by atoms with Crippen molar-refractivity contribution in [1.29, 1.82) is 0 Å². The molecule has 2 N–H and O–H groups in total. The number of halogens is 2. The molecule has 0 spiro atoms. The van der Waals surface area contributed by atoms with E-state index in [1.807, 2.05) is 0 Å². The van der Waals surface area contributed by atoms with Crippen molar-refractivity contribution < 1.29 is 19.8 Å². The van der Waals surface area contributed by atoms with Crippen molar-refractivity contribution in [2.45, 2.75) is 18.8 Å². The van der Waals surface area contributed by atoms with Gasteiger partial charge in [0, 0.05) is 12.1 Å². The molecule has 5 nitrogen and oxygen atoms in total. The quantitative estimate of drug-likeness (QED) is 0.807. The van der Waals surface area contributed by atoms with Crippen LogP contribution in [-0.4, -0.2) is 27.1 Å². The number of rotatable bonds is 5. The standard InChI is InChI=1S/C10H9Cl2NO4/c11-7-4-13-8(12)3-6(7)5(1-9(14)15)2-10(16)17/h3-5H,1-2H2,(H,14,15)(H,16,17). The molecule has 7 heteroatoms. The lowest BCUT2D eigenvalue weighted by molar-refractivity contribution is -0.139. The number of hydrogen-bond acceptors (Lipinski definition) is 3. The van der Waals surface area contributed by atoms with Crippen molar-refractivity contribution in [1.82, 2.24) is 4.98 Å². The monoisotopic (exact) mass is 277 g/mol. The van der Waals surface area contributed by atoms with Gasteiger partial charge in [0.1, 0.15) is 5.15 Å². The molecule has 0 amide bonds. The van der Waals surface area contributed by atoms with Gasteiger partial charge in [0.2, 0.25) is 0 Å². The fourth-order valence-electron chi connectivity index (χ4n) is 1.45. The number of carbonyl (C=O) groups is 2. The van der Waals surface area contributed by atoms with Crippen LogP contribution in [-0.2, 0) is 9.59 Å². The van der Waals surface area contributed by atoms with Gasteiger partial charge in [-0.2, -0.15) is 0 Å². The Balaban J connectivity index is 3.06. The van der Waals surface area contributed by atoms with Crippen LogP contribution < -0.4 is 0 Å². The van der Waals surface area contributed by atoms with E-state index in [1.165, 1.54) is 12.3 Å². The van der Waals surface area contributed by atoms with Crippen LogP contribution in [0.3, 0.4) is 0 Å². The molecule has 92 valence electrons. The maximum Gasteiger partial charge on any atom is 0.303 e. The van der Waals surface area contributed by atoms with Crippen molar-refractivity contribution >= 4 is 35.1 Å². The molecule has 0 aromatic carbocycles. The molecule has 1 aromatic heterocycles. The van der Waals surface area contributed by atoms with Gasteiger partial charge >= 0.3 is 11.9 Å². The third-order valence-electron chi connectivity index (χ3n) is 2.13. The Kier molecular flexibility index (Phi) is 4.72. The van der Waals surface area contributed by atoms with Gasteiger partial charge in [-0.3, -0.25) is 9.59 Å². The molecule has 1 heterocycles. The zero-order valence-corrected chi connectivity index (χ0v) is 10.1. The summed E-state index contributed by atoms with van der Waals surface area (Å²) in [6, 6.07) is 1.39. The first-order chi connectivity index (χ1) is 7.90. The molecule has 0 atom stereocenters. The summed E-state index contributed by atoms with van der Waals surface area (Å²) in [6.07, 6.45) is 0.620. The van der Waals surface area contributed by atoms with E-state index in [0.717, 1.165) is 0 Å². The molecule has 0 saturated heterocycles. The predicted molar refractivity (Wildman–Crippen MR) is 61.5 cm³/mol. The zero-order valence-electron chi connectivity index (χ0n) is 8.56. The Morgan fingerprint density at radius 3 is 2.24 bits per heavy atom. The summed E-state index contributed by atoms with van der Waals surface area (Å²) in [4.78, 5) is 25.1. The second-order valence-electron chi connectivity index (χ2n) is 3.42. The molecule has 0 saturated carbocycles. The number of carboxylic acids is 2. The summed E-state index contributed by atoms with van der Waals surface area (Å²) in [5, 5.41) is 17.8. The second-order valence-corrected chi connectivity index (χ2v) is 4.22. The van der Waals surface area contributed by atoms with Crippen LogP contribution in [0.2, 0.25) is 10.2 Å². The summed E-state index contributed by atoms with van der Waals surface area (Å²) < 4.78 is 0. The van der Waals surface area contributed by atoms with E-state index in [9.17, 15) is 9.59 Å². The van der Waals surface area contributed by atoms with Gasteiger partial charge < -0.3 is 10.2 Å².